The van der Waals surface area contributed by atoms with Crippen molar-refractivity contribution in [2.75, 3.05) is 0 Å². The Morgan fingerprint density at radius 3 is 2.78 bits per heavy atom. The molecule has 0 aliphatic carbocycles. The third-order valence-electron chi connectivity index (χ3n) is 2.44. The Labute approximate surface area is 113 Å². The second kappa shape index (κ2) is 6.30. The molecule has 0 atom stereocenters. The van der Waals surface area contributed by atoms with E-state index in [4.69, 9.17) is 0 Å². The molecule has 1 N–H and O–H groups in total. The molecule has 18 heavy (non-hydrogen) atoms. The molecule has 1 aromatic carbocycles. The van der Waals surface area contributed by atoms with Gasteiger partial charge in [0.15, 0.2) is 0 Å². The minimum absolute atomic E-state index is 0.00780. The van der Waals surface area contributed by atoms with Gasteiger partial charge in [0.05, 0.1) is 6.54 Å². The summed E-state index contributed by atoms with van der Waals surface area (Å²) in [6, 6.07) is 7.86. The van der Waals surface area contributed by atoms with E-state index in [-0.39, 0.29) is 5.91 Å². The number of nitrogens with one attached hydrogen (secondary N) is 1. The first kappa shape index (κ1) is 12.8. The number of carbonyl (C=O) groups is 1. The molecule has 1 amide bonds. The summed E-state index contributed by atoms with van der Waals surface area (Å²) in [7, 11) is 0. The van der Waals surface area contributed by atoms with E-state index in [0.29, 0.717) is 19.5 Å². The Morgan fingerprint density at radius 1 is 1.33 bits per heavy atom. The zero-order valence-corrected chi connectivity index (χ0v) is 11.3. The molecular weight excluding hydrogens is 296 g/mol. The molecule has 0 aliphatic rings. The summed E-state index contributed by atoms with van der Waals surface area (Å²) in [5.41, 5.74) is 1.08. The zero-order chi connectivity index (χ0) is 12.8. The minimum atomic E-state index is 0.00780. The van der Waals surface area contributed by atoms with Gasteiger partial charge in [-0.2, -0.15) is 5.10 Å². The van der Waals surface area contributed by atoms with Gasteiger partial charge in [-0.15, -0.1) is 0 Å². The second-order valence-electron chi connectivity index (χ2n) is 3.81. The molecule has 0 saturated carbocycles. The molecule has 0 unspecified atom stereocenters. The smallest absolute Gasteiger partial charge is 0.222 e. The van der Waals surface area contributed by atoms with Crippen molar-refractivity contribution in [3.63, 3.8) is 0 Å². The van der Waals surface area contributed by atoms with Crippen LogP contribution in [0.3, 0.4) is 0 Å². The van der Waals surface area contributed by atoms with Gasteiger partial charge in [-0.25, -0.2) is 4.98 Å². The fraction of sp³-hybridized carbons (Fsp3) is 0.250. The van der Waals surface area contributed by atoms with Gasteiger partial charge < -0.3 is 5.32 Å². The Morgan fingerprint density at radius 2 is 2.11 bits per heavy atom. The third-order valence-corrected chi connectivity index (χ3v) is 2.97. The fourth-order valence-corrected chi connectivity index (χ4v) is 1.72. The van der Waals surface area contributed by atoms with Crippen molar-refractivity contribution in [3.05, 3.63) is 47.0 Å². The van der Waals surface area contributed by atoms with Crippen molar-refractivity contribution in [1.82, 2.24) is 20.1 Å². The Hall–Kier alpha value is -1.69. The molecule has 0 bridgehead atoms. The summed E-state index contributed by atoms with van der Waals surface area (Å²) in [6.07, 6.45) is 3.46. The highest BCUT2D eigenvalue weighted by Gasteiger charge is 2.02. The maximum atomic E-state index is 11.6. The molecule has 0 fully saturated rings. The Kier molecular flexibility index (Phi) is 4.46. The maximum absolute atomic E-state index is 11.6. The summed E-state index contributed by atoms with van der Waals surface area (Å²) in [4.78, 5) is 15.4. The molecule has 0 radical (unpaired) electrons. The van der Waals surface area contributed by atoms with Crippen molar-refractivity contribution in [2.24, 2.45) is 0 Å². The van der Waals surface area contributed by atoms with Crippen LogP contribution in [0.5, 0.6) is 0 Å². The van der Waals surface area contributed by atoms with Gasteiger partial charge >= 0.3 is 0 Å². The first-order valence-electron chi connectivity index (χ1n) is 5.57. The van der Waals surface area contributed by atoms with Crippen LogP contribution in [0.4, 0.5) is 0 Å². The molecule has 2 aromatic rings. The summed E-state index contributed by atoms with van der Waals surface area (Å²) in [5, 5.41) is 6.80. The van der Waals surface area contributed by atoms with E-state index in [1.807, 2.05) is 24.3 Å². The van der Waals surface area contributed by atoms with Crippen LogP contribution in [0, 0.1) is 0 Å². The topological polar surface area (TPSA) is 59.8 Å². The van der Waals surface area contributed by atoms with Crippen LogP contribution < -0.4 is 5.32 Å². The van der Waals surface area contributed by atoms with Crippen molar-refractivity contribution in [2.45, 2.75) is 19.5 Å². The number of hydrogen-bond acceptors (Lipinski definition) is 3. The van der Waals surface area contributed by atoms with Gasteiger partial charge in [-0.1, -0.05) is 28.1 Å². The van der Waals surface area contributed by atoms with E-state index in [1.54, 1.807) is 11.0 Å². The lowest BCUT2D eigenvalue weighted by molar-refractivity contribution is -0.121. The molecule has 1 heterocycles. The van der Waals surface area contributed by atoms with Gasteiger partial charge in [-0.05, 0) is 17.7 Å². The molecule has 0 aliphatic heterocycles. The average molecular weight is 309 g/mol. The van der Waals surface area contributed by atoms with Gasteiger partial charge in [0, 0.05) is 17.4 Å². The van der Waals surface area contributed by atoms with Crippen molar-refractivity contribution < 1.29 is 4.79 Å². The first-order chi connectivity index (χ1) is 8.74. The summed E-state index contributed by atoms with van der Waals surface area (Å²) < 4.78 is 2.67. The van der Waals surface area contributed by atoms with Crippen LogP contribution in [-0.2, 0) is 17.9 Å². The largest absolute Gasteiger partial charge is 0.352 e. The number of aromatic nitrogens is 3. The van der Waals surface area contributed by atoms with Gasteiger partial charge in [-0.3, -0.25) is 9.48 Å². The molecular formula is C12H13BrN4O. The molecule has 1 aromatic heterocycles. The summed E-state index contributed by atoms with van der Waals surface area (Å²) in [5.74, 6) is 0.00780. The lowest BCUT2D eigenvalue weighted by Crippen LogP contribution is -2.23. The maximum Gasteiger partial charge on any atom is 0.222 e. The van der Waals surface area contributed by atoms with E-state index >= 15 is 0 Å². The van der Waals surface area contributed by atoms with Gasteiger partial charge in [0.1, 0.15) is 12.7 Å². The highest BCUT2D eigenvalue weighted by Crippen LogP contribution is 2.10. The highest BCUT2D eigenvalue weighted by atomic mass is 79.9. The normalized spacial score (nSPS) is 10.3. The Bertz CT molecular complexity index is 495. The van der Waals surface area contributed by atoms with Crippen LogP contribution in [0.15, 0.2) is 41.4 Å². The number of nitrogens with zero attached hydrogens (tertiary/aromatic N) is 3. The van der Waals surface area contributed by atoms with Crippen LogP contribution in [0.2, 0.25) is 0 Å². The predicted octanol–water partition coefficient (Wildman–Crippen LogP) is 1.75. The Balaban J connectivity index is 1.73. The molecule has 6 heteroatoms. The number of rotatable bonds is 5. The van der Waals surface area contributed by atoms with E-state index in [1.165, 1.54) is 6.33 Å². The van der Waals surface area contributed by atoms with E-state index in [0.717, 1.165) is 10.0 Å². The first-order valence-corrected chi connectivity index (χ1v) is 6.37. The van der Waals surface area contributed by atoms with E-state index in [9.17, 15) is 4.79 Å². The monoisotopic (exact) mass is 308 g/mol. The average Bonchev–Trinajstić information content (AvgIpc) is 2.89. The molecule has 0 spiro atoms. The third kappa shape index (κ3) is 3.96. The van der Waals surface area contributed by atoms with Gasteiger partial charge in [0.2, 0.25) is 5.91 Å². The number of amides is 1. The van der Waals surface area contributed by atoms with Gasteiger partial charge in [0.25, 0.3) is 0 Å². The number of halogens is 1. The minimum Gasteiger partial charge on any atom is -0.352 e. The predicted molar refractivity (Wildman–Crippen MR) is 70.6 cm³/mol. The SMILES string of the molecule is O=C(CCn1cncn1)NCc1ccc(Br)cc1. The van der Waals surface area contributed by atoms with Crippen molar-refractivity contribution in [3.8, 4) is 0 Å². The number of benzene rings is 1. The van der Waals surface area contributed by atoms with Crippen LogP contribution >= 0.6 is 15.9 Å². The number of carbonyl (C=O) groups excluding carboxylic acids is 1. The molecule has 0 saturated heterocycles. The van der Waals surface area contributed by atoms with Crippen LogP contribution in [0.25, 0.3) is 0 Å². The summed E-state index contributed by atoms with van der Waals surface area (Å²) >= 11 is 3.37. The quantitative estimate of drug-likeness (QED) is 0.915. The standard InChI is InChI=1S/C12H13BrN4O/c13-11-3-1-10(2-4-11)7-15-12(18)5-6-17-9-14-8-16-17/h1-4,8-9H,5-7H2,(H,15,18). The van der Waals surface area contributed by atoms with Crippen molar-refractivity contribution in [1.29, 1.82) is 0 Å². The molecule has 2 rings (SSSR count). The lowest BCUT2D eigenvalue weighted by atomic mass is 10.2. The number of aryl methyl sites for hydroxylation is 1. The van der Waals surface area contributed by atoms with Crippen LogP contribution in [0.1, 0.15) is 12.0 Å². The van der Waals surface area contributed by atoms with E-state index < -0.39 is 0 Å². The second-order valence-corrected chi connectivity index (χ2v) is 4.73. The van der Waals surface area contributed by atoms with Crippen LogP contribution in [-0.4, -0.2) is 20.7 Å². The fourth-order valence-electron chi connectivity index (χ4n) is 1.46. The summed E-state index contributed by atoms with van der Waals surface area (Å²) in [6.45, 7) is 1.09. The molecule has 5 nitrogen and oxygen atoms in total. The lowest BCUT2D eigenvalue weighted by Gasteiger charge is -2.05. The highest BCUT2D eigenvalue weighted by molar-refractivity contribution is 9.10. The molecule has 94 valence electrons. The number of hydrogen-bond donors (Lipinski definition) is 1. The van der Waals surface area contributed by atoms with Crippen molar-refractivity contribution >= 4 is 21.8 Å². The van der Waals surface area contributed by atoms with E-state index in [2.05, 4.69) is 31.3 Å². The zero-order valence-electron chi connectivity index (χ0n) is 9.71.